The number of anilines is 1. The van der Waals surface area contributed by atoms with E-state index in [9.17, 15) is 9.59 Å². The second-order valence-electron chi connectivity index (χ2n) is 3.88. The van der Waals surface area contributed by atoms with Gasteiger partial charge in [0.15, 0.2) is 0 Å². The van der Waals surface area contributed by atoms with Gasteiger partial charge in [0.2, 0.25) is 5.91 Å². The highest BCUT2D eigenvalue weighted by molar-refractivity contribution is 6.00. The number of hydrogen-bond acceptors (Lipinski definition) is 3. The Morgan fingerprint density at radius 1 is 1.21 bits per heavy atom. The van der Waals surface area contributed by atoms with Crippen LogP contribution in [0.3, 0.4) is 0 Å². The number of allylic oxidation sites excluding steroid dienone is 3. The summed E-state index contributed by atoms with van der Waals surface area (Å²) in [4.78, 5) is 22.6. The van der Waals surface area contributed by atoms with Crippen LogP contribution >= 0.6 is 0 Å². The smallest absolute Gasteiger partial charge is 0.336 e. The van der Waals surface area contributed by atoms with E-state index in [1.807, 2.05) is 13.0 Å². The molecule has 1 aromatic heterocycles. The van der Waals surface area contributed by atoms with Gasteiger partial charge in [0.05, 0.1) is 0 Å². The minimum atomic E-state index is -0.390. The van der Waals surface area contributed by atoms with Crippen LogP contribution in [0.4, 0.5) is 5.69 Å². The summed E-state index contributed by atoms with van der Waals surface area (Å²) in [6.07, 6.45) is 6.71. The molecule has 0 radical (unpaired) electrons. The Hall–Kier alpha value is -2.62. The summed E-state index contributed by atoms with van der Waals surface area (Å²) in [6, 6.07) is 8.10. The molecule has 0 unspecified atom stereocenters. The Balaban J connectivity index is 2.20. The van der Waals surface area contributed by atoms with E-state index in [-0.39, 0.29) is 5.91 Å². The van der Waals surface area contributed by atoms with Crippen molar-refractivity contribution in [2.75, 3.05) is 5.32 Å². The summed E-state index contributed by atoms with van der Waals surface area (Å²) in [6.45, 7) is 1.87. The number of rotatable bonds is 3. The molecule has 0 bridgehead atoms. The van der Waals surface area contributed by atoms with Gasteiger partial charge in [0.1, 0.15) is 5.58 Å². The maximum Gasteiger partial charge on any atom is 0.336 e. The van der Waals surface area contributed by atoms with E-state index < -0.39 is 5.63 Å². The fourth-order valence-corrected chi connectivity index (χ4v) is 1.59. The molecule has 4 heteroatoms. The van der Waals surface area contributed by atoms with Crippen LogP contribution in [-0.4, -0.2) is 5.91 Å². The maximum atomic E-state index is 11.6. The van der Waals surface area contributed by atoms with Crippen LogP contribution in [0.2, 0.25) is 0 Å². The largest absolute Gasteiger partial charge is 0.423 e. The van der Waals surface area contributed by atoms with Crippen molar-refractivity contribution in [1.29, 1.82) is 0 Å². The van der Waals surface area contributed by atoms with Gasteiger partial charge in [-0.3, -0.25) is 4.79 Å². The Kier molecular flexibility index (Phi) is 3.93. The number of hydrogen-bond donors (Lipinski definition) is 1. The van der Waals surface area contributed by atoms with Crippen LogP contribution in [0.5, 0.6) is 0 Å². The third-order valence-corrected chi connectivity index (χ3v) is 2.44. The highest BCUT2D eigenvalue weighted by Crippen LogP contribution is 2.17. The van der Waals surface area contributed by atoms with Crippen molar-refractivity contribution in [3.8, 4) is 0 Å². The zero-order chi connectivity index (χ0) is 13.7. The molecule has 1 aromatic carbocycles. The number of amides is 1. The second-order valence-corrected chi connectivity index (χ2v) is 3.88. The first kappa shape index (κ1) is 12.8. The van der Waals surface area contributed by atoms with Crippen LogP contribution in [0.15, 0.2) is 63.8 Å². The normalized spacial score (nSPS) is 11.4. The fourth-order valence-electron chi connectivity index (χ4n) is 1.59. The van der Waals surface area contributed by atoms with Crippen molar-refractivity contribution in [2.24, 2.45) is 0 Å². The number of carbonyl (C=O) groups excluding carboxylic acids is 1. The number of nitrogens with one attached hydrogen (secondary N) is 1. The highest BCUT2D eigenvalue weighted by Gasteiger charge is 2.01. The van der Waals surface area contributed by atoms with Crippen molar-refractivity contribution in [3.05, 3.63) is 65.1 Å². The van der Waals surface area contributed by atoms with E-state index in [1.165, 1.54) is 12.1 Å². The third kappa shape index (κ3) is 3.42. The van der Waals surface area contributed by atoms with Gasteiger partial charge >= 0.3 is 5.63 Å². The fraction of sp³-hybridized carbons (Fsp3) is 0.0667. The SMILES string of the molecule is C/C=C/C=C/C(=O)Nc1ccc2oc(=O)ccc2c1. The van der Waals surface area contributed by atoms with Gasteiger partial charge in [-0.25, -0.2) is 4.79 Å². The molecule has 0 saturated heterocycles. The Labute approximate surface area is 110 Å². The minimum Gasteiger partial charge on any atom is -0.423 e. The summed E-state index contributed by atoms with van der Waals surface area (Å²) in [5, 5.41) is 3.49. The van der Waals surface area contributed by atoms with E-state index in [4.69, 9.17) is 4.42 Å². The molecule has 2 rings (SSSR count). The Morgan fingerprint density at radius 2 is 2.05 bits per heavy atom. The monoisotopic (exact) mass is 255 g/mol. The van der Waals surface area contributed by atoms with Crippen LogP contribution in [0.1, 0.15) is 6.92 Å². The lowest BCUT2D eigenvalue weighted by atomic mass is 10.2. The second kappa shape index (κ2) is 5.82. The molecular weight excluding hydrogens is 242 g/mol. The lowest BCUT2D eigenvalue weighted by molar-refractivity contribution is -0.111. The Bertz CT molecular complexity index is 711. The van der Waals surface area contributed by atoms with Gasteiger partial charge in [-0.15, -0.1) is 0 Å². The summed E-state index contributed by atoms with van der Waals surface area (Å²) in [5.74, 6) is -0.213. The molecule has 0 fully saturated rings. The summed E-state index contributed by atoms with van der Waals surface area (Å²) < 4.78 is 5.01. The highest BCUT2D eigenvalue weighted by atomic mass is 16.4. The van der Waals surface area contributed by atoms with Gasteiger partial charge in [-0.1, -0.05) is 18.2 Å². The van der Waals surface area contributed by atoms with E-state index in [2.05, 4.69) is 5.32 Å². The summed E-state index contributed by atoms with van der Waals surface area (Å²) in [7, 11) is 0. The van der Waals surface area contributed by atoms with E-state index in [0.29, 0.717) is 11.3 Å². The molecule has 0 spiro atoms. The van der Waals surface area contributed by atoms with Gasteiger partial charge in [-0.2, -0.15) is 0 Å². The molecule has 0 saturated carbocycles. The van der Waals surface area contributed by atoms with Gasteiger partial charge < -0.3 is 9.73 Å². The van der Waals surface area contributed by atoms with Crippen molar-refractivity contribution >= 4 is 22.6 Å². The zero-order valence-corrected chi connectivity index (χ0v) is 10.4. The molecule has 4 nitrogen and oxygen atoms in total. The number of benzene rings is 1. The molecule has 1 N–H and O–H groups in total. The van der Waals surface area contributed by atoms with Crippen molar-refractivity contribution < 1.29 is 9.21 Å². The molecule has 19 heavy (non-hydrogen) atoms. The summed E-state index contributed by atoms with van der Waals surface area (Å²) in [5.41, 5.74) is 0.755. The van der Waals surface area contributed by atoms with E-state index in [0.717, 1.165) is 5.39 Å². The predicted octanol–water partition coefficient (Wildman–Crippen LogP) is 2.86. The predicted molar refractivity (Wildman–Crippen MR) is 75.1 cm³/mol. The molecule has 2 aromatic rings. The average Bonchev–Trinajstić information content (AvgIpc) is 2.39. The molecule has 1 amide bonds. The molecular formula is C15H13NO3. The molecule has 96 valence electrons. The molecule has 0 atom stereocenters. The topological polar surface area (TPSA) is 59.3 Å². The average molecular weight is 255 g/mol. The van der Waals surface area contributed by atoms with E-state index in [1.54, 1.807) is 36.4 Å². The molecule has 0 aliphatic rings. The van der Waals surface area contributed by atoms with Gasteiger partial charge in [0, 0.05) is 23.2 Å². The van der Waals surface area contributed by atoms with Crippen LogP contribution < -0.4 is 10.9 Å². The molecule has 1 heterocycles. The lowest BCUT2D eigenvalue weighted by Gasteiger charge is -2.03. The zero-order valence-electron chi connectivity index (χ0n) is 10.4. The van der Waals surface area contributed by atoms with Crippen molar-refractivity contribution in [2.45, 2.75) is 6.92 Å². The maximum absolute atomic E-state index is 11.6. The van der Waals surface area contributed by atoms with Gasteiger partial charge in [0.25, 0.3) is 0 Å². The van der Waals surface area contributed by atoms with Crippen LogP contribution in [0.25, 0.3) is 11.0 Å². The first-order valence-electron chi connectivity index (χ1n) is 5.83. The Morgan fingerprint density at radius 3 is 2.84 bits per heavy atom. The molecule has 0 aliphatic carbocycles. The number of fused-ring (bicyclic) bond motifs is 1. The number of carbonyl (C=O) groups is 1. The first-order chi connectivity index (χ1) is 9.19. The quantitative estimate of drug-likeness (QED) is 0.521. The third-order valence-electron chi connectivity index (χ3n) is 2.44. The van der Waals surface area contributed by atoms with Crippen LogP contribution in [0, 0.1) is 0 Å². The van der Waals surface area contributed by atoms with Crippen LogP contribution in [-0.2, 0) is 4.79 Å². The lowest BCUT2D eigenvalue weighted by Crippen LogP contribution is -2.07. The van der Waals surface area contributed by atoms with Gasteiger partial charge in [-0.05, 0) is 31.2 Å². The minimum absolute atomic E-state index is 0.213. The standard InChI is InChI=1S/C15H13NO3/c1-2-3-4-5-14(17)16-12-7-8-13-11(10-12)6-9-15(18)19-13/h2-10H,1H3,(H,16,17)/b3-2+,5-4+. The van der Waals surface area contributed by atoms with Crippen molar-refractivity contribution in [1.82, 2.24) is 0 Å². The molecule has 0 aliphatic heterocycles. The van der Waals surface area contributed by atoms with Crippen molar-refractivity contribution in [3.63, 3.8) is 0 Å². The first-order valence-corrected chi connectivity index (χ1v) is 5.83. The van der Waals surface area contributed by atoms with E-state index >= 15 is 0 Å². The summed E-state index contributed by atoms with van der Waals surface area (Å²) >= 11 is 0.